The van der Waals surface area contributed by atoms with Gasteiger partial charge in [-0.3, -0.25) is 9.55 Å². The van der Waals surface area contributed by atoms with E-state index in [1.54, 1.807) is 13.0 Å². The molecule has 0 radical (unpaired) electrons. The molecule has 1 aromatic heterocycles. The molecular formula is C20H20N3O3P. The molecule has 1 aromatic carbocycles. The van der Waals surface area contributed by atoms with Crippen LogP contribution in [0.3, 0.4) is 0 Å². The first kappa shape index (κ1) is 20.6. The van der Waals surface area contributed by atoms with Gasteiger partial charge in [0.15, 0.2) is 5.44 Å². The van der Waals surface area contributed by atoms with Crippen molar-refractivity contribution in [1.29, 1.82) is 5.26 Å². The van der Waals surface area contributed by atoms with Crippen LogP contribution >= 0.6 is 7.60 Å². The molecule has 2 aromatic rings. The van der Waals surface area contributed by atoms with Gasteiger partial charge in [-0.1, -0.05) is 17.2 Å². The maximum Gasteiger partial charge on any atom is 0.374 e. The summed E-state index contributed by atoms with van der Waals surface area (Å²) in [7, 11) is -4.52. The van der Waals surface area contributed by atoms with Crippen LogP contribution in [0.5, 0.6) is 0 Å². The fourth-order valence-electron chi connectivity index (χ4n) is 3.24. The van der Waals surface area contributed by atoms with E-state index in [-0.39, 0.29) is 16.8 Å². The van der Waals surface area contributed by atoms with E-state index in [4.69, 9.17) is 6.57 Å². The van der Waals surface area contributed by atoms with Gasteiger partial charge >= 0.3 is 7.60 Å². The molecule has 0 aliphatic carbocycles. The Kier molecular flexibility index (Phi) is 5.68. The largest absolute Gasteiger partial charge is 0.374 e. The normalized spacial score (nSPS) is 10.9. The molecule has 0 saturated heterocycles. The molecule has 0 saturated carbocycles. The van der Waals surface area contributed by atoms with E-state index in [1.807, 2.05) is 27.7 Å². The standard InChI is InChI=1S/C20H20N3O3P/c1-11(10-21)18-12(2)14(4)19(15(5)13(18)3)20(22-6)16-8-7-9-17(23-16)27(24,25)26/h7-9H,1-5H3,(H2,24,25,26). The summed E-state index contributed by atoms with van der Waals surface area (Å²) < 4.78 is 11.5. The lowest BCUT2D eigenvalue weighted by Crippen LogP contribution is -2.28. The highest BCUT2D eigenvalue weighted by Crippen LogP contribution is 2.32. The third-order valence-electron chi connectivity index (χ3n) is 4.79. The average Bonchev–Trinajstić information content (AvgIpc) is 2.63. The number of nitrogens with zero attached hydrogens (tertiary/aromatic N) is 3. The van der Waals surface area contributed by atoms with Crippen LogP contribution in [0.1, 0.15) is 34.9 Å². The molecule has 0 aliphatic heterocycles. The number of benzene rings is 1. The fraction of sp³-hybridized carbons (Fsp3) is 0.250. The van der Waals surface area contributed by atoms with Gasteiger partial charge in [0.05, 0.1) is 18.3 Å². The van der Waals surface area contributed by atoms with Crippen LogP contribution in [-0.4, -0.2) is 14.8 Å². The third-order valence-corrected chi connectivity index (χ3v) is 5.64. The quantitative estimate of drug-likeness (QED) is 0.611. The van der Waals surface area contributed by atoms with Crippen LogP contribution in [0, 0.1) is 45.6 Å². The Morgan fingerprint density at radius 1 is 1.11 bits per heavy atom. The molecule has 0 amide bonds. The van der Waals surface area contributed by atoms with Gasteiger partial charge in [-0.25, -0.2) is 4.85 Å². The van der Waals surface area contributed by atoms with E-state index < -0.39 is 7.60 Å². The smallest absolute Gasteiger partial charge is 0.320 e. The van der Waals surface area contributed by atoms with Crippen LogP contribution in [0.2, 0.25) is 0 Å². The summed E-state index contributed by atoms with van der Waals surface area (Å²) >= 11 is 0. The van der Waals surface area contributed by atoms with Gasteiger partial charge in [0, 0.05) is 5.57 Å². The Morgan fingerprint density at radius 2 is 1.63 bits per heavy atom. The van der Waals surface area contributed by atoms with Crippen molar-refractivity contribution in [3.05, 3.63) is 68.0 Å². The number of pyridine rings is 1. The first-order chi connectivity index (χ1) is 12.5. The lowest BCUT2D eigenvalue weighted by atomic mass is 9.92. The highest BCUT2D eigenvalue weighted by atomic mass is 31.2. The van der Waals surface area contributed by atoms with Crippen LogP contribution in [-0.2, 0) is 4.57 Å². The zero-order chi connectivity index (χ0) is 20.5. The molecule has 7 heteroatoms. The molecule has 0 atom stereocenters. The molecule has 0 spiro atoms. The number of hydrogen-bond donors (Lipinski definition) is 2. The number of hydrogen-bond acceptors (Lipinski definition) is 3. The summed E-state index contributed by atoms with van der Waals surface area (Å²) in [6.45, 7) is 17.0. The molecule has 1 heterocycles. The minimum atomic E-state index is -4.52. The molecule has 138 valence electrons. The van der Waals surface area contributed by atoms with Gasteiger partial charge in [-0.2, -0.15) is 5.26 Å². The van der Waals surface area contributed by atoms with E-state index in [1.165, 1.54) is 12.1 Å². The van der Waals surface area contributed by atoms with Gasteiger partial charge in [-0.05, 0) is 68.3 Å². The predicted octanol–water partition coefficient (Wildman–Crippen LogP) is 1.89. The molecular weight excluding hydrogens is 361 g/mol. The van der Waals surface area contributed by atoms with Crippen molar-refractivity contribution in [1.82, 2.24) is 4.98 Å². The summed E-state index contributed by atoms with van der Waals surface area (Å²) in [6, 6.07) is 6.48. The number of aromatic nitrogens is 1. The highest BCUT2D eigenvalue weighted by molar-refractivity contribution is 7.60. The summed E-state index contributed by atoms with van der Waals surface area (Å²) in [5.74, 6) is 0. The minimum Gasteiger partial charge on any atom is -0.320 e. The lowest BCUT2D eigenvalue weighted by Gasteiger charge is -2.14. The topological polar surface area (TPSA) is 98.6 Å². The first-order valence-electron chi connectivity index (χ1n) is 8.17. The van der Waals surface area contributed by atoms with Gasteiger partial charge in [-0.15, -0.1) is 0 Å². The lowest BCUT2D eigenvalue weighted by molar-refractivity contribution is 0.386. The first-order valence-corrected chi connectivity index (χ1v) is 9.78. The number of nitriles is 1. The molecule has 0 bridgehead atoms. The van der Waals surface area contributed by atoms with Crippen molar-refractivity contribution >= 4 is 24.3 Å². The SMILES string of the molecule is [C-]#[N+]C(c1cccc(P(=O)(O)O)n1)=c1c(C)c(C)c(=C(C)C#N)c(C)c1C. The molecule has 6 nitrogen and oxygen atoms in total. The molecule has 2 N–H and O–H groups in total. The summed E-state index contributed by atoms with van der Waals surface area (Å²) in [4.78, 5) is 26.4. The molecule has 2 rings (SSSR count). The molecule has 27 heavy (non-hydrogen) atoms. The fourth-order valence-corrected chi connectivity index (χ4v) is 3.76. The van der Waals surface area contributed by atoms with Gasteiger partial charge in [0.1, 0.15) is 0 Å². The summed E-state index contributed by atoms with van der Waals surface area (Å²) in [6.07, 6.45) is 0. The molecule has 0 unspecified atom stereocenters. The van der Waals surface area contributed by atoms with Crippen LogP contribution in [0.25, 0.3) is 16.1 Å². The second-order valence-electron chi connectivity index (χ2n) is 6.37. The van der Waals surface area contributed by atoms with Gasteiger partial charge in [0.25, 0.3) is 0 Å². The van der Waals surface area contributed by atoms with Crippen LogP contribution in [0.4, 0.5) is 0 Å². The van der Waals surface area contributed by atoms with Crippen molar-refractivity contribution in [3.8, 4) is 6.07 Å². The second kappa shape index (κ2) is 7.47. The predicted molar refractivity (Wildman–Crippen MR) is 104 cm³/mol. The van der Waals surface area contributed by atoms with E-state index >= 15 is 0 Å². The van der Waals surface area contributed by atoms with Crippen molar-refractivity contribution in [3.63, 3.8) is 0 Å². The Morgan fingerprint density at radius 3 is 2.07 bits per heavy atom. The maximum absolute atomic E-state index is 11.5. The van der Waals surface area contributed by atoms with Crippen molar-refractivity contribution in [2.45, 2.75) is 34.6 Å². The minimum absolute atomic E-state index is 0.213. The van der Waals surface area contributed by atoms with Crippen LogP contribution in [0.15, 0.2) is 18.2 Å². The Balaban J connectivity index is 3.07. The molecule has 0 aliphatic rings. The Labute approximate surface area is 158 Å². The van der Waals surface area contributed by atoms with E-state index in [0.29, 0.717) is 10.8 Å². The van der Waals surface area contributed by atoms with Gasteiger partial charge in [0.2, 0.25) is 5.70 Å². The zero-order valence-corrected chi connectivity index (χ0v) is 16.7. The highest BCUT2D eigenvalue weighted by Gasteiger charge is 2.21. The second-order valence-corrected chi connectivity index (χ2v) is 7.92. The monoisotopic (exact) mass is 381 g/mol. The van der Waals surface area contributed by atoms with E-state index in [0.717, 1.165) is 27.5 Å². The zero-order valence-electron chi connectivity index (χ0n) is 15.8. The third kappa shape index (κ3) is 3.70. The van der Waals surface area contributed by atoms with E-state index in [9.17, 15) is 19.6 Å². The van der Waals surface area contributed by atoms with Crippen molar-refractivity contribution in [2.75, 3.05) is 0 Å². The summed E-state index contributed by atoms with van der Waals surface area (Å²) in [5.41, 5.74) is 4.18. The summed E-state index contributed by atoms with van der Waals surface area (Å²) in [5, 5.41) is 10.9. The molecule has 0 fully saturated rings. The Hall–Kier alpha value is -2.76. The van der Waals surface area contributed by atoms with Gasteiger partial charge < -0.3 is 9.79 Å². The number of rotatable bonds is 2. The maximum atomic E-state index is 11.5. The van der Waals surface area contributed by atoms with Crippen molar-refractivity contribution < 1.29 is 14.4 Å². The van der Waals surface area contributed by atoms with Crippen molar-refractivity contribution in [2.24, 2.45) is 0 Å². The van der Waals surface area contributed by atoms with Crippen LogP contribution < -0.4 is 15.9 Å². The Bertz CT molecular complexity index is 1160. The van der Waals surface area contributed by atoms with E-state index in [2.05, 4.69) is 15.9 Å². The average molecular weight is 381 g/mol.